The number of aryl methyl sites for hydroxylation is 2. The van der Waals surface area contributed by atoms with Crippen LogP contribution in [0.15, 0.2) is 72.8 Å². The van der Waals surface area contributed by atoms with E-state index in [1.54, 1.807) is 0 Å². The van der Waals surface area contributed by atoms with Gasteiger partial charge in [0, 0.05) is 0 Å². The third kappa shape index (κ3) is 3.94. The topological polar surface area (TPSA) is 0 Å². The van der Waals surface area contributed by atoms with Gasteiger partial charge in [0.15, 0.2) is 0 Å². The summed E-state index contributed by atoms with van der Waals surface area (Å²) in [6, 6.07) is 26.7. The lowest BCUT2D eigenvalue weighted by molar-refractivity contribution is 1.05. The Morgan fingerprint density at radius 3 is 1.12 bits per heavy atom. The summed E-state index contributed by atoms with van der Waals surface area (Å²) in [5.74, 6) is 0. The van der Waals surface area contributed by atoms with Gasteiger partial charge < -0.3 is 0 Å². The summed E-state index contributed by atoms with van der Waals surface area (Å²) in [6.07, 6.45) is 4.25. The van der Waals surface area contributed by atoms with Crippen LogP contribution < -0.4 is 0 Å². The van der Waals surface area contributed by atoms with Crippen molar-refractivity contribution in [3.63, 3.8) is 0 Å². The molecule has 0 aliphatic rings. The second-order valence-electron chi connectivity index (χ2n) is 6.41. The predicted molar refractivity (Wildman–Crippen MR) is 104 cm³/mol. The molecule has 0 saturated heterocycles. The highest BCUT2D eigenvalue weighted by atomic mass is 14.1. The van der Waals surface area contributed by atoms with Crippen molar-refractivity contribution in [3.8, 4) is 0 Å². The van der Waals surface area contributed by atoms with E-state index in [-0.39, 0.29) is 0 Å². The summed E-state index contributed by atoms with van der Waals surface area (Å²) in [7, 11) is 0. The van der Waals surface area contributed by atoms with Gasteiger partial charge in [-0.3, -0.25) is 0 Å². The minimum absolute atomic E-state index is 1.02. The van der Waals surface area contributed by atoms with Gasteiger partial charge in [-0.25, -0.2) is 0 Å². The summed E-state index contributed by atoms with van der Waals surface area (Å²) in [4.78, 5) is 0. The summed E-state index contributed by atoms with van der Waals surface area (Å²) >= 11 is 0. The summed E-state index contributed by atoms with van der Waals surface area (Å²) < 4.78 is 0. The van der Waals surface area contributed by atoms with Crippen molar-refractivity contribution in [2.45, 2.75) is 39.5 Å². The maximum atomic E-state index is 2.29. The van der Waals surface area contributed by atoms with Gasteiger partial charge in [-0.1, -0.05) is 86.6 Å². The summed E-state index contributed by atoms with van der Waals surface area (Å²) in [5, 5.41) is 0. The lowest BCUT2D eigenvalue weighted by atomic mass is 9.95. The van der Waals surface area contributed by atoms with Crippen LogP contribution in [0.25, 0.3) is 0 Å². The maximum Gasteiger partial charge on any atom is -0.00230 e. The third-order valence-electron chi connectivity index (χ3n) is 4.81. The quantitative estimate of drug-likeness (QED) is 0.524. The van der Waals surface area contributed by atoms with Gasteiger partial charge in [0.05, 0.1) is 0 Å². The second kappa shape index (κ2) is 7.97. The summed E-state index contributed by atoms with van der Waals surface area (Å²) in [5.41, 5.74) is 8.59. The zero-order chi connectivity index (χ0) is 16.8. The normalized spacial score (nSPS) is 10.8. The lowest BCUT2D eigenvalue weighted by Gasteiger charge is -2.10. The van der Waals surface area contributed by atoms with E-state index >= 15 is 0 Å². The SMILES string of the molecule is CCc1ccccc1Cc1ccc(Cc2ccccc2CC)cc1. The Morgan fingerprint density at radius 2 is 0.792 bits per heavy atom. The molecule has 0 radical (unpaired) electrons. The number of hydrogen-bond acceptors (Lipinski definition) is 0. The molecule has 0 fully saturated rings. The third-order valence-corrected chi connectivity index (χ3v) is 4.81. The Labute approximate surface area is 146 Å². The molecule has 0 heterocycles. The average molecular weight is 314 g/mol. The van der Waals surface area contributed by atoms with Gasteiger partial charge in [-0.2, -0.15) is 0 Å². The number of benzene rings is 3. The molecule has 0 aliphatic carbocycles. The van der Waals surface area contributed by atoms with Gasteiger partial charge in [-0.05, 0) is 59.1 Å². The molecule has 3 aromatic rings. The van der Waals surface area contributed by atoms with Gasteiger partial charge in [0.25, 0.3) is 0 Å². The minimum Gasteiger partial charge on any atom is -0.0620 e. The Morgan fingerprint density at radius 1 is 0.458 bits per heavy atom. The molecule has 0 N–H and O–H groups in total. The van der Waals surface area contributed by atoms with E-state index in [0.29, 0.717) is 0 Å². The van der Waals surface area contributed by atoms with Crippen LogP contribution in [0.1, 0.15) is 47.2 Å². The van der Waals surface area contributed by atoms with E-state index in [9.17, 15) is 0 Å². The van der Waals surface area contributed by atoms with Crippen molar-refractivity contribution < 1.29 is 0 Å². The van der Waals surface area contributed by atoms with Gasteiger partial charge in [0.2, 0.25) is 0 Å². The molecule has 3 rings (SSSR count). The van der Waals surface area contributed by atoms with Crippen molar-refractivity contribution in [2.24, 2.45) is 0 Å². The predicted octanol–water partition coefficient (Wildman–Crippen LogP) is 5.99. The molecule has 0 spiro atoms. The van der Waals surface area contributed by atoms with E-state index in [1.165, 1.54) is 33.4 Å². The molecule has 0 unspecified atom stereocenters. The molecule has 24 heavy (non-hydrogen) atoms. The molecule has 0 bridgehead atoms. The Kier molecular flexibility index (Phi) is 5.48. The molecule has 0 aliphatic heterocycles. The van der Waals surface area contributed by atoms with E-state index in [4.69, 9.17) is 0 Å². The smallest absolute Gasteiger partial charge is 0.00230 e. The van der Waals surface area contributed by atoms with Crippen LogP contribution in [0, 0.1) is 0 Å². The lowest BCUT2D eigenvalue weighted by Crippen LogP contribution is -1.96. The summed E-state index contributed by atoms with van der Waals surface area (Å²) in [6.45, 7) is 4.46. The number of hydrogen-bond donors (Lipinski definition) is 0. The standard InChI is InChI=1S/C24H26/c1-3-21-9-5-7-11-23(21)17-19-13-15-20(16-14-19)18-24-12-8-6-10-22(24)4-2/h5-16H,3-4,17-18H2,1-2H3. The van der Waals surface area contributed by atoms with Crippen LogP contribution in [0.4, 0.5) is 0 Å². The highest BCUT2D eigenvalue weighted by molar-refractivity contribution is 5.36. The average Bonchev–Trinajstić information content (AvgIpc) is 2.64. The molecule has 0 heteroatoms. The Bertz CT molecular complexity index is 713. The zero-order valence-corrected chi connectivity index (χ0v) is 14.8. The highest BCUT2D eigenvalue weighted by Gasteiger charge is 2.04. The van der Waals surface area contributed by atoms with Crippen LogP contribution in [0.2, 0.25) is 0 Å². The van der Waals surface area contributed by atoms with Crippen molar-refractivity contribution >= 4 is 0 Å². The fourth-order valence-electron chi connectivity index (χ4n) is 3.36. The Hall–Kier alpha value is -2.34. The molecular weight excluding hydrogens is 288 g/mol. The van der Waals surface area contributed by atoms with E-state index in [0.717, 1.165) is 25.7 Å². The molecular formula is C24H26. The number of rotatable bonds is 6. The molecule has 0 aromatic heterocycles. The van der Waals surface area contributed by atoms with Crippen molar-refractivity contribution in [1.82, 2.24) is 0 Å². The monoisotopic (exact) mass is 314 g/mol. The van der Waals surface area contributed by atoms with Gasteiger partial charge in [0.1, 0.15) is 0 Å². The fourth-order valence-corrected chi connectivity index (χ4v) is 3.36. The van der Waals surface area contributed by atoms with E-state index < -0.39 is 0 Å². The van der Waals surface area contributed by atoms with Crippen LogP contribution in [0.3, 0.4) is 0 Å². The molecule has 0 nitrogen and oxygen atoms in total. The second-order valence-corrected chi connectivity index (χ2v) is 6.41. The van der Waals surface area contributed by atoms with E-state index in [1.807, 2.05) is 0 Å². The first-order valence-corrected chi connectivity index (χ1v) is 9.01. The van der Waals surface area contributed by atoms with Crippen molar-refractivity contribution in [3.05, 3.63) is 106 Å². The van der Waals surface area contributed by atoms with Crippen molar-refractivity contribution in [1.29, 1.82) is 0 Å². The van der Waals surface area contributed by atoms with Crippen LogP contribution in [-0.4, -0.2) is 0 Å². The largest absolute Gasteiger partial charge is 0.0620 e. The first kappa shape index (κ1) is 16.5. The molecule has 122 valence electrons. The molecule has 0 amide bonds. The maximum absolute atomic E-state index is 2.29. The fraction of sp³-hybridized carbons (Fsp3) is 0.250. The first-order valence-electron chi connectivity index (χ1n) is 9.01. The zero-order valence-electron chi connectivity index (χ0n) is 14.8. The minimum atomic E-state index is 1.02. The Balaban J connectivity index is 1.74. The molecule has 0 saturated carbocycles. The molecule has 0 atom stereocenters. The van der Waals surface area contributed by atoms with Crippen LogP contribution in [-0.2, 0) is 25.7 Å². The molecule has 3 aromatic carbocycles. The first-order chi connectivity index (χ1) is 11.8. The highest BCUT2D eigenvalue weighted by Crippen LogP contribution is 2.18. The van der Waals surface area contributed by atoms with Crippen molar-refractivity contribution in [2.75, 3.05) is 0 Å². The van der Waals surface area contributed by atoms with Crippen LogP contribution >= 0.6 is 0 Å². The van der Waals surface area contributed by atoms with E-state index in [2.05, 4.69) is 86.6 Å². The van der Waals surface area contributed by atoms with Crippen LogP contribution in [0.5, 0.6) is 0 Å². The van der Waals surface area contributed by atoms with Gasteiger partial charge >= 0.3 is 0 Å². The van der Waals surface area contributed by atoms with Gasteiger partial charge in [-0.15, -0.1) is 0 Å².